The molecule has 2 nitrogen and oxygen atoms in total. The first-order valence-electron chi connectivity index (χ1n) is 3.78. The Bertz CT molecular complexity index is 132. The quantitative estimate of drug-likeness (QED) is 0.454. The third-order valence-corrected chi connectivity index (χ3v) is 3.61. The summed E-state index contributed by atoms with van der Waals surface area (Å²) in [7, 11) is 0. The summed E-state index contributed by atoms with van der Waals surface area (Å²) in [4.78, 5) is 10.0. The van der Waals surface area contributed by atoms with Gasteiger partial charge in [0.25, 0.3) is 0 Å². The topological polar surface area (TPSA) is 37.3 Å². The summed E-state index contributed by atoms with van der Waals surface area (Å²) < 4.78 is 3.09. The maximum atomic E-state index is 10.0. The molecule has 0 saturated heterocycles. The van der Waals surface area contributed by atoms with Gasteiger partial charge in [-0.05, 0) is 0 Å². The van der Waals surface area contributed by atoms with Crippen molar-refractivity contribution < 1.29 is 9.90 Å². The molecule has 0 aromatic carbocycles. The molecule has 0 saturated carbocycles. The van der Waals surface area contributed by atoms with E-state index in [2.05, 4.69) is 6.92 Å². The standard InChI is InChI=1S/C8H14O2Te/c1-2-3-4-6-11-7-5-8(9)10/h5,7H,2-4,6H2,1H3,(H,9,10). The Labute approximate surface area is 77.8 Å². The second-order valence-corrected chi connectivity index (χ2v) is 5.11. The van der Waals surface area contributed by atoms with E-state index >= 15 is 0 Å². The number of carboxylic acid groups (broad SMARTS) is 1. The van der Waals surface area contributed by atoms with Crippen LogP contribution >= 0.6 is 0 Å². The molecule has 0 fully saturated rings. The van der Waals surface area contributed by atoms with Gasteiger partial charge in [0.15, 0.2) is 0 Å². The van der Waals surface area contributed by atoms with Crippen LogP contribution in [0.4, 0.5) is 0 Å². The Balaban J connectivity index is 3.07. The minimum absolute atomic E-state index is 0.142. The summed E-state index contributed by atoms with van der Waals surface area (Å²) in [5.74, 6) is -0.814. The van der Waals surface area contributed by atoms with Crippen molar-refractivity contribution in [1.29, 1.82) is 0 Å². The van der Waals surface area contributed by atoms with Crippen LogP contribution in [0.5, 0.6) is 0 Å². The number of carbonyl (C=O) groups is 1. The SMILES string of the molecule is CCCCC[Te]C=CC(=O)O. The molecule has 0 unspecified atom stereocenters. The van der Waals surface area contributed by atoms with Crippen molar-refractivity contribution in [3.8, 4) is 0 Å². The van der Waals surface area contributed by atoms with Gasteiger partial charge in [-0.2, -0.15) is 0 Å². The fraction of sp³-hybridized carbons (Fsp3) is 0.625. The van der Waals surface area contributed by atoms with Crippen LogP contribution in [-0.2, 0) is 4.79 Å². The molecule has 1 N–H and O–H groups in total. The molecular weight excluding hydrogens is 256 g/mol. The molecule has 0 aliphatic rings. The molecule has 0 bridgehead atoms. The van der Waals surface area contributed by atoms with Crippen molar-refractivity contribution in [3.05, 3.63) is 10.2 Å². The summed E-state index contributed by atoms with van der Waals surface area (Å²) >= 11 is -0.142. The number of aliphatic carboxylic acids is 1. The molecule has 0 atom stereocenters. The van der Waals surface area contributed by atoms with Crippen LogP contribution in [0.25, 0.3) is 0 Å². The van der Waals surface area contributed by atoms with Crippen molar-refractivity contribution in [1.82, 2.24) is 0 Å². The van der Waals surface area contributed by atoms with Crippen molar-refractivity contribution >= 4 is 26.9 Å². The van der Waals surface area contributed by atoms with Gasteiger partial charge in [0.2, 0.25) is 0 Å². The molecule has 0 amide bonds. The van der Waals surface area contributed by atoms with Gasteiger partial charge in [0.1, 0.15) is 0 Å². The van der Waals surface area contributed by atoms with E-state index in [4.69, 9.17) is 5.11 Å². The zero-order valence-corrected chi connectivity index (χ0v) is 9.08. The third-order valence-electron chi connectivity index (χ3n) is 1.17. The van der Waals surface area contributed by atoms with Gasteiger partial charge in [-0.3, -0.25) is 0 Å². The number of unbranched alkanes of at least 4 members (excludes halogenated alkanes) is 2. The number of hydrogen-bond donors (Lipinski definition) is 1. The van der Waals surface area contributed by atoms with Crippen LogP contribution in [0.2, 0.25) is 4.47 Å². The van der Waals surface area contributed by atoms with Gasteiger partial charge >= 0.3 is 77.6 Å². The molecule has 0 aliphatic carbocycles. The van der Waals surface area contributed by atoms with E-state index in [-0.39, 0.29) is 20.9 Å². The molecule has 11 heavy (non-hydrogen) atoms. The van der Waals surface area contributed by atoms with Gasteiger partial charge < -0.3 is 0 Å². The van der Waals surface area contributed by atoms with Gasteiger partial charge in [0, 0.05) is 0 Å². The van der Waals surface area contributed by atoms with Crippen LogP contribution < -0.4 is 0 Å². The Morgan fingerprint density at radius 2 is 2.27 bits per heavy atom. The monoisotopic (exact) mass is 272 g/mol. The predicted molar refractivity (Wildman–Crippen MR) is 46.9 cm³/mol. The molecule has 64 valence electrons. The maximum absolute atomic E-state index is 10.0. The van der Waals surface area contributed by atoms with Crippen LogP contribution in [0.15, 0.2) is 10.2 Å². The molecule has 0 spiro atoms. The number of hydrogen-bond acceptors (Lipinski definition) is 1. The van der Waals surface area contributed by atoms with Crippen LogP contribution in [0, 0.1) is 0 Å². The summed E-state index contributed by atoms with van der Waals surface area (Å²) in [6.07, 6.45) is 5.07. The Morgan fingerprint density at radius 1 is 1.55 bits per heavy atom. The molecule has 0 rings (SSSR count). The van der Waals surface area contributed by atoms with Crippen molar-refractivity contribution in [2.75, 3.05) is 0 Å². The van der Waals surface area contributed by atoms with Crippen molar-refractivity contribution in [2.45, 2.75) is 30.7 Å². The third kappa shape index (κ3) is 10.00. The van der Waals surface area contributed by atoms with Crippen LogP contribution in [0.1, 0.15) is 26.2 Å². The average Bonchev–Trinajstić information content (AvgIpc) is 1.96. The van der Waals surface area contributed by atoms with E-state index in [0.29, 0.717) is 0 Å². The Morgan fingerprint density at radius 3 is 2.82 bits per heavy atom. The second-order valence-electron chi connectivity index (χ2n) is 2.22. The molecule has 0 radical (unpaired) electrons. The van der Waals surface area contributed by atoms with E-state index in [9.17, 15) is 4.79 Å². The minimum atomic E-state index is -0.814. The zero-order valence-electron chi connectivity index (χ0n) is 6.75. The second kappa shape index (κ2) is 8.10. The summed E-state index contributed by atoms with van der Waals surface area (Å²) in [6, 6.07) is 0. The molecule has 3 heteroatoms. The zero-order chi connectivity index (χ0) is 8.53. The van der Waals surface area contributed by atoms with E-state index < -0.39 is 5.97 Å². The van der Waals surface area contributed by atoms with E-state index in [1.807, 2.05) is 4.12 Å². The van der Waals surface area contributed by atoms with Gasteiger partial charge in [0.05, 0.1) is 0 Å². The fourth-order valence-electron chi connectivity index (χ4n) is 0.610. The number of rotatable bonds is 6. The first kappa shape index (κ1) is 11.0. The first-order valence-corrected chi connectivity index (χ1v) is 6.77. The summed E-state index contributed by atoms with van der Waals surface area (Å²) in [6.45, 7) is 2.17. The van der Waals surface area contributed by atoms with Crippen molar-refractivity contribution in [3.63, 3.8) is 0 Å². The average molecular weight is 270 g/mol. The van der Waals surface area contributed by atoms with Gasteiger partial charge in [-0.15, -0.1) is 0 Å². The summed E-state index contributed by atoms with van der Waals surface area (Å²) in [5, 5.41) is 8.25. The van der Waals surface area contributed by atoms with E-state index in [1.54, 1.807) is 0 Å². The summed E-state index contributed by atoms with van der Waals surface area (Å²) in [5.41, 5.74) is 0. The molecule has 0 heterocycles. The fourth-order valence-corrected chi connectivity index (χ4v) is 2.66. The van der Waals surface area contributed by atoms with Gasteiger partial charge in [-0.25, -0.2) is 0 Å². The Kier molecular flexibility index (Phi) is 8.10. The molecule has 0 aromatic heterocycles. The van der Waals surface area contributed by atoms with E-state index in [0.717, 1.165) is 0 Å². The predicted octanol–water partition coefficient (Wildman–Crippen LogP) is 1.90. The molecule has 0 aliphatic heterocycles. The van der Waals surface area contributed by atoms with Crippen LogP contribution in [-0.4, -0.2) is 32.0 Å². The number of carboxylic acids is 1. The molecular formula is C8H14O2Te. The first-order chi connectivity index (χ1) is 5.27. The Hall–Kier alpha value is -0.000390. The normalized spacial score (nSPS) is 10.6. The van der Waals surface area contributed by atoms with Gasteiger partial charge in [-0.1, -0.05) is 0 Å². The van der Waals surface area contributed by atoms with E-state index in [1.165, 1.54) is 29.8 Å². The molecule has 0 aromatic rings. The van der Waals surface area contributed by atoms with Crippen LogP contribution in [0.3, 0.4) is 0 Å². The van der Waals surface area contributed by atoms with Crippen molar-refractivity contribution in [2.24, 2.45) is 0 Å².